The van der Waals surface area contributed by atoms with Gasteiger partial charge in [0.15, 0.2) is 6.29 Å². The molecule has 6 nitrogen and oxygen atoms in total. The summed E-state index contributed by atoms with van der Waals surface area (Å²) in [4.78, 5) is 20.4. The molecule has 1 N–H and O–H groups in total. The van der Waals surface area contributed by atoms with Gasteiger partial charge in [-0.3, -0.25) is 14.6 Å². The molecule has 0 spiro atoms. The Bertz CT molecular complexity index is 352. The first-order valence-electron chi connectivity index (χ1n) is 5.37. The number of rotatable bonds is 5. The number of nitrogens with zero attached hydrogens (tertiary/aromatic N) is 1. The van der Waals surface area contributed by atoms with Crippen molar-refractivity contribution >= 4 is 5.91 Å². The van der Waals surface area contributed by atoms with Gasteiger partial charge in [-0.25, -0.2) is 5.48 Å². The highest BCUT2D eigenvalue weighted by atomic mass is 16.7. The van der Waals surface area contributed by atoms with Gasteiger partial charge in [-0.1, -0.05) is 6.07 Å². The Morgan fingerprint density at radius 1 is 1.53 bits per heavy atom. The molecular weight excluding hydrogens is 224 g/mol. The van der Waals surface area contributed by atoms with Gasteiger partial charge in [0.1, 0.15) is 6.61 Å². The third-order valence-corrected chi connectivity index (χ3v) is 2.19. The van der Waals surface area contributed by atoms with Crippen LogP contribution in [0.25, 0.3) is 0 Å². The van der Waals surface area contributed by atoms with Gasteiger partial charge in [0, 0.05) is 12.4 Å². The molecule has 1 fully saturated rings. The van der Waals surface area contributed by atoms with E-state index >= 15 is 0 Å². The molecule has 1 amide bonds. The van der Waals surface area contributed by atoms with Crippen molar-refractivity contribution in [3.8, 4) is 0 Å². The predicted octanol–water partition coefficient (Wildman–Crippen LogP) is 0.392. The molecule has 6 heteroatoms. The summed E-state index contributed by atoms with van der Waals surface area (Å²) in [5.41, 5.74) is 3.22. The summed E-state index contributed by atoms with van der Waals surface area (Å²) in [5, 5.41) is 0. The minimum Gasteiger partial charge on any atom is -0.350 e. The van der Waals surface area contributed by atoms with Crippen molar-refractivity contribution in [2.45, 2.75) is 19.3 Å². The lowest BCUT2D eigenvalue weighted by Gasteiger charge is -2.09. The van der Waals surface area contributed by atoms with Crippen LogP contribution in [-0.4, -0.2) is 30.4 Å². The van der Waals surface area contributed by atoms with Crippen LogP contribution < -0.4 is 5.48 Å². The summed E-state index contributed by atoms with van der Waals surface area (Å²) < 4.78 is 10.3. The molecule has 0 radical (unpaired) electrons. The maximum Gasteiger partial charge on any atom is 0.248 e. The molecule has 0 bridgehead atoms. The van der Waals surface area contributed by atoms with E-state index in [1.807, 2.05) is 6.07 Å². The second-order valence-corrected chi connectivity index (χ2v) is 3.55. The number of aromatic nitrogens is 1. The molecule has 0 saturated carbocycles. The van der Waals surface area contributed by atoms with E-state index in [-0.39, 0.29) is 18.9 Å². The smallest absolute Gasteiger partial charge is 0.248 e. The number of hydroxylamine groups is 1. The van der Waals surface area contributed by atoms with Crippen LogP contribution in [0.15, 0.2) is 24.5 Å². The largest absolute Gasteiger partial charge is 0.350 e. The zero-order chi connectivity index (χ0) is 11.9. The average molecular weight is 238 g/mol. The summed E-state index contributed by atoms with van der Waals surface area (Å²) in [6, 6.07) is 3.67. The molecular formula is C11H14N2O4. The number of hydrogen-bond donors (Lipinski definition) is 1. The second kappa shape index (κ2) is 6.29. The third kappa shape index (κ3) is 4.10. The highest BCUT2D eigenvalue weighted by Crippen LogP contribution is 2.07. The van der Waals surface area contributed by atoms with Crippen LogP contribution in [0.1, 0.15) is 12.0 Å². The van der Waals surface area contributed by atoms with E-state index in [1.165, 1.54) is 0 Å². The van der Waals surface area contributed by atoms with E-state index in [9.17, 15) is 4.79 Å². The number of carbonyl (C=O) groups is 1. The first-order chi connectivity index (χ1) is 8.34. The van der Waals surface area contributed by atoms with Gasteiger partial charge >= 0.3 is 0 Å². The topological polar surface area (TPSA) is 69.7 Å². The maximum absolute atomic E-state index is 11.4. The van der Waals surface area contributed by atoms with Crippen molar-refractivity contribution in [1.29, 1.82) is 0 Å². The molecule has 0 aliphatic carbocycles. The number of amides is 1. The molecule has 1 saturated heterocycles. The zero-order valence-electron chi connectivity index (χ0n) is 9.30. The van der Waals surface area contributed by atoms with Crippen LogP contribution in [-0.2, 0) is 25.7 Å². The minimum absolute atomic E-state index is 0.146. The Balaban J connectivity index is 1.63. The van der Waals surface area contributed by atoms with E-state index in [4.69, 9.17) is 14.3 Å². The van der Waals surface area contributed by atoms with Crippen molar-refractivity contribution in [3.05, 3.63) is 30.1 Å². The molecule has 1 aliphatic rings. The van der Waals surface area contributed by atoms with E-state index in [0.29, 0.717) is 13.2 Å². The summed E-state index contributed by atoms with van der Waals surface area (Å²) in [6.45, 7) is 1.36. The SMILES string of the molecule is O=C(CC1OCCO1)NOCc1cccnc1. The summed E-state index contributed by atoms with van der Waals surface area (Å²) in [7, 11) is 0. The molecule has 0 atom stereocenters. The summed E-state index contributed by atoms with van der Waals surface area (Å²) in [6.07, 6.45) is 3.05. The van der Waals surface area contributed by atoms with Crippen molar-refractivity contribution < 1.29 is 19.1 Å². The summed E-state index contributed by atoms with van der Waals surface area (Å²) >= 11 is 0. The van der Waals surface area contributed by atoms with Crippen molar-refractivity contribution in [2.24, 2.45) is 0 Å². The fraction of sp³-hybridized carbons (Fsp3) is 0.455. The van der Waals surface area contributed by atoms with Crippen LogP contribution in [0.2, 0.25) is 0 Å². The lowest BCUT2D eigenvalue weighted by atomic mass is 10.3. The highest BCUT2D eigenvalue weighted by Gasteiger charge is 2.19. The fourth-order valence-corrected chi connectivity index (χ4v) is 1.40. The molecule has 0 unspecified atom stereocenters. The van der Waals surface area contributed by atoms with Crippen molar-refractivity contribution in [3.63, 3.8) is 0 Å². The number of nitrogens with one attached hydrogen (secondary N) is 1. The normalized spacial score (nSPS) is 16.0. The van der Waals surface area contributed by atoms with Crippen molar-refractivity contribution in [2.75, 3.05) is 13.2 Å². The standard InChI is InChI=1S/C11H14N2O4/c14-10(6-11-15-4-5-16-11)13-17-8-9-2-1-3-12-7-9/h1-3,7,11H,4-6,8H2,(H,13,14). The fourth-order valence-electron chi connectivity index (χ4n) is 1.40. The van der Waals surface area contributed by atoms with Gasteiger partial charge in [-0.05, 0) is 11.6 Å². The molecule has 1 aromatic rings. The Hall–Kier alpha value is -1.50. The number of ether oxygens (including phenoxy) is 2. The predicted molar refractivity (Wildman–Crippen MR) is 57.5 cm³/mol. The Morgan fingerprint density at radius 3 is 3.06 bits per heavy atom. The molecule has 92 valence electrons. The quantitative estimate of drug-likeness (QED) is 0.751. The van der Waals surface area contributed by atoms with E-state index in [1.54, 1.807) is 18.5 Å². The van der Waals surface area contributed by atoms with Crippen LogP contribution >= 0.6 is 0 Å². The van der Waals surface area contributed by atoms with Gasteiger partial charge in [0.05, 0.1) is 19.6 Å². The minimum atomic E-state index is -0.447. The second-order valence-electron chi connectivity index (χ2n) is 3.55. The molecule has 2 heterocycles. The van der Waals surface area contributed by atoms with Gasteiger partial charge in [-0.15, -0.1) is 0 Å². The van der Waals surface area contributed by atoms with Crippen LogP contribution in [0.4, 0.5) is 0 Å². The maximum atomic E-state index is 11.4. The molecule has 2 rings (SSSR count). The Labute approximate surface area is 98.8 Å². The Kier molecular flexibility index (Phi) is 4.43. The van der Waals surface area contributed by atoms with E-state index in [2.05, 4.69) is 10.5 Å². The van der Waals surface area contributed by atoms with Gasteiger partial charge in [-0.2, -0.15) is 0 Å². The monoisotopic (exact) mass is 238 g/mol. The number of carbonyl (C=O) groups excluding carboxylic acids is 1. The van der Waals surface area contributed by atoms with Gasteiger partial charge < -0.3 is 9.47 Å². The molecule has 1 aliphatic heterocycles. The molecule has 1 aromatic heterocycles. The lowest BCUT2D eigenvalue weighted by Crippen LogP contribution is -2.27. The molecule has 17 heavy (non-hydrogen) atoms. The molecule has 0 aromatic carbocycles. The number of hydrogen-bond acceptors (Lipinski definition) is 5. The highest BCUT2D eigenvalue weighted by molar-refractivity contribution is 5.75. The van der Waals surface area contributed by atoms with Crippen LogP contribution in [0.3, 0.4) is 0 Å². The van der Waals surface area contributed by atoms with Crippen molar-refractivity contribution in [1.82, 2.24) is 10.5 Å². The zero-order valence-corrected chi connectivity index (χ0v) is 9.30. The number of pyridine rings is 1. The third-order valence-electron chi connectivity index (χ3n) is 2.19. The first kappa shape index (κ1) is 12.0. The lowest BCUT2D eigenvalue weighted by molar-refractivity contribution is -0.142. The summed E-state index contributed by atoms with van der Waals surface area (Å²) in [5.74, 6) is -0.263. The van der Waals surface area contributed by atoms with Crippen LogP contribution in [0.5, 0.6) is 0 Å². The first-order valence-corrected chi connectivity index (χ1v) is 5.37. The van der Waals surface area contributed by atoms with E-state index in [0.717, 1.165) is 5.56 Å². The average Bonchev–Trinajstić information content (AvgIpc) is 2.83. The Morgan fingerprint density at radius 2 is 2.35 bits per heavy atom. The van der Waals surface area contributed by atoms with Gasteiger partial charge in [0.25, 0.3) is 0 Å². The van der Waals surface area contributed by atoms with Crippen LogP contribution in [0, 0.1) is 0 Å². The van der Waals surface area contributed by atoms with E-state index < -0.39 is 6.29 Å². The van der Waals surface area contributed by atoms with Gasteiger partial charge in [0.2, 0.25) is 5.91 Å².